The average molecular weight is 387 g/mol. The van der Waals surface area contributed by atoms with Crippen molar-refractivity contribution < 1.29 is 27.5 Å². The molecule has 1 aromatic heterocycles. The van der Waals surface area contributed by atoms with Crippen molar-refractivity contribution in [2.45, 2.75) is 24.0 Å². The first-order valence-electron chi connectivity index (χ1n) is 7.61. The van der Waals surface area contributed by atoms with Crippen molar-refractivity contribution >= 4 is 34.5 Å². The molecule has 0 aliphatic carbocycles. The summed E-state index contributed by atoms with van der Waals surface area (Å²) in [7, 11) is 1.28. The van der Waals surface area contributed by atoms with Gasteiger partial charge < -0.3 is 10.1 Å². The first kappa shape index (κ1) is 20.0. The number of carbonyl (C=O) groups excluding carboxylic acids is 2. The number of para-hydroxylation sites is 1. The minimum atomic E-state index is -4.67. The summed E-state index contributed by atoms with van der Waals surface area (Å²) in [5.41, 5.74) is 0.163. The minimum Gasteiger partial charge on any atom is -0.469 e. The highest BCUT2D eigenvalue weighted by Crippen LogP contribution is 2.31. The van der Waals surface area contributed by atoms with E-state index in [0.717, 1.165) is 11.8 Å². The highest BCUT2D eigenvalue weighted by Gasteiger charge is 2.35. The van der Waals surface area contributed by atoms with Gasteiger partial charge in [0.15, 0.2) is 0 Å². The van der Waals surface area contributed by atoms with E-state index in [-0.39, 0.29) is 41.1 Å². The fourth-order valence-electron chi connectivity index (χ4n) is 2.03. The quantitative estimate of drug-likeness (QED) is 0.341. The standard InChI is InChI=1S/C16H16F3N3O3S/c1-25-13(24)7-4-8-20-12(23)9-26-14-10-5-2-3-6-11(10)21-15(22-14)16(17,18)19/h2-3,5-6H,4,7-9H2,1H3,(H,20,23). The number of thioether (sulfide) groups is 1. The van der Waals surface area contributed by atoms with Crippen molar-refractivity contribution in [1.29, 1.82) is 0 Å². The molecule has 0 atom stereocenters. The van der Waals surface area contributed by atoms with Gasteiger partial charge in [-0.2, -0.15) is 13.2 Å². The zero-order chi connectivity index (χ0) is 19.2. The summed E-state index contributed by atoms with van der Waals surface area (Å²) in [5.74, 6) is -2.08. The number of rotatable bonds is 7. The predicted molar refractivity (Wildman–Crippen MR) is 89.5 cm³/mol. The minimum absolute atomic E-state index is 0.0904. The second kappa shape index (κ2) is 8.84. The van der Waals surface area contributed by atoms with E-state index in [1.54, 1.807) is 18.2 Å². The number of halogens is 3. The fraction of sp³-hybridized carbons (Fsp3) is 0.375. The molecule has 1 amide bonds. The summed E-state index contributed by atoms with van der Waals surface area (Å²) in [5, 5.41) is 3.13. The molecule has 10 heteroatoms. The van der Waals surface area contributed by atoms with Gasteiger partial charge in [-0.15, -0.1) is 0 Å². The summed E-state index contributed by atoms with van der Waals surface area (Å²) in [6.45, 7) is 0.271. The van der Waals surface area contributed by atoms with Crippen LogP contribution < -0.4 is 5.32 Å². The van der Waals surface area contributed by atoms with E-state index >= 15 is 0 Å². The number of ether oxygens (including phenoxy) is 1. The molecule has 0 aliphatic rings. The normalized spacial score (nSPS) is 11.4. The molecule has 1 N–H and O–H groups in total. The molecule has 1 aromatic carbocycles. The van der Waals surface area contributed by atoms with Crippen LogP contribution in [0.4, 0.5) is 13.2 Å². The lowest BCUT2D eigenvalue weighted by atomic mass is 10.2. The van der Waals surface area contributed by atoms with Crippen LogP contribution in [0.3, 0.4) is 0 Å². The van der Waals surface area contributed by atoms with E-state index in [0.29, 0.717) is 11.8 Å². The first-order chi connectivity index (χ1) is 12.3. The maximum Gasteiger partial charge on any atom is 0.451 e. The van der Waals surface area contributed by atoms with Crippen LogP contribution in [-0.4, -0.2) is 41.3 Å². The van der Waals surface area contributed by atoms with Crippen molar-refractivity contribution in [3.8, 4) is 0 Å². The van der Waals surface area contributed by atoms with Gasteiger partial charge in [0.05, 0.1) is 18.4 Å². The van der Waals surface area contributed by atoms with E-state index in [1.807, 2.05) is 0 Å². The lowest BCUT2D eigenvalue weighted by Gasteiger charge is -2.10. The van der Waals surface area contributed by atoms with Gasteiger partial charge in [0, 0.05) is 18.4 Å². The number of esters is 1. The predicted octanol–water partition coefficient (Wildman–Crippen LogP) is 2.81. The second-order valence-corrected chi connectivity index (χ2v) is 6.15. The van der Waals surface area contributed by atoms with Gasteiger partial charge in [0.2, 0.25) is 11.7 Å². The zero-order valence-corrected chi connectivity index (χ0v) is 14.6. The van der Waals surface area contributed by atoms with Crippen LogP contribution in [0.25, 0.3) is 10.9 Å². The van der Waals surface area contributed by atoms with E-state index in [2.05, 4.69) is 20.0 Å². The number of alkyl halides is 3. The zero-order valence-electron chi connectivity index (χ0n) is 13.8. The summed E-state index contributed by atoms with van der Waals surface area (Å²) in [6, 6.07) is 6.31. The first-order valence-corrected chi connectivity index (χ1v) is 8.60. The van der Waals surface area contributed by atoms with E-state index in [4.69, 9.17) is 0 Å². The Kier molecular flexibility index (Phi) is 6.78. The lowest BCUT2D eigenvalue weighted by molar-refractivity contribution is -0.145. The highest BCUT2D eigenvalue weighted by atomic mass is 32.2. The third kappa shape index (κ3) is 5.58. The number of fused-ring (bicyclic) bond motifs is 1. The molecule has 0 saturated carbocycles. The number of nitrogens with zero attached hydrogens (tertiary/aromatic N) is 2. The van der Waals surface area contributed by atoms with E-state index in [1.165, 1.54) is 13.2 Å². The molecule has 0 saturated heterocycles. The molecule has 2 rings (SSSR count). The number of aromatic nitrogens is 2. The highest BCUT2D eigenvalue weighted by molar-refractivity contribution is 8.00. The van der Waals surface area contributed by atoms with Crippen LogP contribution >= 0.6 is 11.8 Å². The Labute approximate surface area is 151 Å². The van der Waals surface area contributed by atoms with Gasteiger partial charge >= 0.3 is 12.1 Å². The Hall–Kier alpha value is -2.36. The Morgan fingerprint density at radius 2 is 1.96 bits per heavy atom. The molecule has 0 spiro atoms. The molecule has 1 heterocycles. The summed E-state index contributed by atoms with van der Waals surface area (Å²) in [6.07, 6.45) is -4.08. The van der Waals surface area contributed by atoms with Crippen molar-refractivity contribution in [3.63, 3.8) is 0 Å². The molecule has 2 aromatic rings. The van der Waals surface area contributed by atoms with Gasteiger partial charge in [0.25, 0.3) is 0 Å². The third-order valence-corrected chi connectivity index (χ3v) is 4.26. The molecular formula is C16H16F3N3O3S. The number of carbonyl (C=O) groups is 2. The Balaban J connectivity index is 2.01. The topological polar surface area (TPSA) is 81.2 Å². The Morgan fingerprint density at radius 1 is 1.23 bits per heavy atom. The Bertz CT molecular complexity index is 799. The van der Waals surface area contributed by atoms with Crippen LogP contribution in [0.15, 0.2) is 29.3 Å². The van der Waals surface area contributed by atoms with Gasteiger partial charge in [-0.1, -0.05) is 30.0 Å². The van der Waals surface area contributed by atoms with Crippen molar-refractivity contribution in [2.75, 3.05) is 19.4 Å². The number of methoxy groups -OCH3 is 1. The maximum absolute atomic E-state index is 12.9. The molecule has 26 heavy (non-hydrogen) atoms. The third-order valence-electron chi connectivity index (χ3n) is 3.27. The number of amides is 1. The number of hydrogen-bond donors (Lipinski definition) is 1. The maximum atomic E-state index is 12.9. The number of nitrogens with one attached hydrogen (secondary N) is 1. The monoisotopic (exact) mass is 387 g/mol. The van der Waals surface area contributed by atoms with Crippen LogP contribution in [0, 0.1) is 0 Å². The summed E-state index contributed by atoms with van der Waals surface area (Å²) >= 11 is 0.902. The van der Waals surface area contributed by atoms with Gasteiger partial charge in [0.1, 0.15) is 5.03 Å². The lowest BCUT2D eigenvalue weighted by Crippen LogP contribution is -2.26. The van der Waals surface area contributed by atoms with Crippen LogP contribution in [0.2, 0.25) is 0 Å². The second-order valence-electron chi connectivity index (χ2n) is 5.19. The van der Waals surface area contributed by atoms with Crippen LogP contribution in [-0.2, 0) is 20.5 Å². The molecule has 140 valence electrons. The van der Waals surface area contributed by atoms with Crippen molar-refractivity contribution in [3.05, 3.63) is 30.1 Å². The summed E-state index contributed by atoms with van der Waals surface area (Å²) in [4.78, 5) is 29.9. The van der Waals surface area contributed by atoms with Gasteiger partial charge in [-0.25, -0.2) is 9.97 Å². The molecule has 0 unspecified atom stereocenters. The smallest absolute Gasteiger partial charge is 0.451 e. The Morgan fingerprint density at radius 3 is 2.65 bits per heavy atom. The molecule has 0 bridgehead atoms. The molecule has 6 nitrogen and oxygen atoms in total. The van der Waals surface area contributed by atoms with Gasteiger partial charge in [-0.3, -0.25) is 9.59 Å². The summed E-state index contributed by atoms with van der Waals surface area (Å²) < 4.78 is 43.3. The molecule has 0 radical (unpaired) electrons. The number of hydrogen-bond acceptors (Lipinski definition) is 6. The van der Waals surface area contributed by atoms with Crippen molar-refractivity contribution in [2.24, 2.45) is 0 Å². The van der Waals surface area contributed by atoms with Crippen molar-refractivity contribution in [1.82, 2.24) is 15.3 Å². The van der Waals surface area contributed by atoms with Gasteiger partial charge in [-0.05, 0) is 12.5 Å². The largest absolute Gasteiger partial charge is 0.469 e. The molecule has 0 aliphatic heterocycles. The molecular weight excluding hydrogens is 371 g/mol. The van der Waals surface area contributed by atoms with E-state index < -0.39 is 12.0 Å². The SMILES string of the molecule is COC(=O)CCCNC(=O)CSc1nc(C(F)(F)F)nc2ccccc12. The van der Waals surface area contributed by atoms with E-state index in [9.17, 15) is 22.8 Å². The van der Waals surface area contributed by atoms with Crippen LogP contribution in [0.1, 0.15) is 18.7 Å². The van der Waals surface area contributed by atoms with Crippen LogP contribution in [0.5, 0.6) is 0 Å². The fourth-order valence-corrected chi connectivity index (χ4v) is 2.88. The average Bonchev–Trinajstić information content (AvgIpc) is 2.62. The molecule has 0 fully saturated rings. The number of benzene rings is 1.